The highest BCUT2D eigenvalue weighted by atomic mass is 32.2. The minimum atomic E-state index is -5.38. The van der Waals surface area contributed by atoms with Crippen LogP contribution in [0.15, 0.2) is 71.9 Å². The fourth-order valence-electron chi connectivity index (χ4n) is 5.48. The number of rotatable bonds is 8. The molecule has 1 N–H and O–H groups in total. The number of pyridine rings is 1. The SMILES string of the molecule is O=S(=O)(c1ccc(N[C@H]2CC[C@H](Oc3cncc(N4CCN(Cc5ccc(C(F)(F)F)cc5)CC4)c3)CC2)cc1)C(F)(F)F. The third-order valence-electron chi connectivity index (χ3n) is 7.94. The Hall–Kier alpha value is -3.52. The van der Waals surface area contributed by atoms with Crippen molar-refractivity contribution in [2.75, 3.05) is 36.4 Å². The molecule has 2 fully saturated rings. The Morgan fingerprint density at radius 3 is 2.07 bits per heavy atom. The minimum absolute atomic E-state index is 0.0232. The first-order chi connectivity index (χ1) is 20.8. The molecule has 1 aliphatic heterocycles. The van der Waals surface area contributed by atoms with Crippen LogP contribution >= 0.6 is 0 Å². The molecule has 2 heterocycles. The topological polar surface area (TPSA) is 74.8 Å². The van der Waals surface area contributed by atoms with Crippen LogP contribution in [-0.2, 0) is 22.6 Å². The predicted molar refractivity (Wildman–Crippen MR) is 153 cm³/mol. The van der Waals surface area contributed by atoms with Crippen LogP contribution in [0, 0.1) is 0 Å². The molecule has 2 aromatic carbocycles. The van der Waals surface area contributed by atoms with Crippen molar-refractivity contribution in [2.45, 2.75) is 61.0 Å². The monoisotopic (exact) mass is 642 g/mol. The van der Waals surface area contributed by atoms with Gasteiger partial charge in [-0.1, -0.05) is 12.1 Å². The standard InChI is InChI=1S/C30H32F6N4O3S/c31-29(32,33)22-3-1-21(2-4-22)20-39-13-15-40(16-14-39)25-17-27(19-37-18-25)43-26-9-5-23(6-10-26)38-24-7-11-28(12-8-24)44(41,42)30(34,35)36/h1-4,7-8,11-12,17-19,23,26,38H,5-6,9-10,13-16,20H2/t23-,26-. The summed E-state index contributed by atoms with van der Waals surface area (Å²) in [7, 11) is -5.38. The summed E-state index contributed by atoms with van der Waals surface area (Å²) in [4.78, 5) is 7.97. The van der Waals surface area contributed by atoms with Crippen molar-refractivity contribution < 1.29 is 39.5 Å². The highest BCUT2D eigenvalue weighted by molar-refractivity contribution is 7.92. The summed E-state index contributed by atoms with van der Waals surface area (Å²) in [5.74, 6) is 0.660. The fraction of sp³-hybridized carbons (Fsp3) is 0.433. The van der Waals surface area contributed by atoms with Crippen molar-refractivity contribution >= 4 is 21.2 Å². The Kier molecular flexibility index (Phi) is 9.30. The summed E-state index contributed by atoms with van der Waals surface area (Å²) < 4.78 is 106. The Bertz CT molecular complexity index is 1500. The zero-order valence-electron chi connectivity index (χ0n) is 23.6. The van der Waals surface area contributed by atoms with Gasteiger partial charge in [0.2, 0.25) is 0 Å². The van der Waals surface area contributed by atoms with Gasteiger partial charge in [-0.15, -0.1) is 0 Å². The van der Waals surface area contributed by atoms with Gasteiger partial charge in [-0.05, 0) is 67.6 Å². The zero-order valence-corrected chi connectivity index (χ0v) is 24.4. The lowest BCUT2D eigenvalue weighted by atomic mass is 9.92. The van der Waals surface area contributed by atoms with E-state index in [0.29, 0.717) is 18.0 Å². The fourth-order valence-corrected chi connectivity index (χ4v) is 6.25. The molecule has 7 nitrogen and oxygen atoms in total. The number of ether oxygens (including phenoxy) is 1. The van der Waals surface area contributed by atoms with Gasteiger partial charge in [-0.3, -0.25) is 9.88 Å². The van der Waals surface area contributed by atoms with Crippen molar-refractivity contribution in [2.24, 2.45) is 0 Å². The molecular weight excluding hydrogens is 610 g/mol. The highest BCUT2D eigenvalue weighted by Crippen LogP contribution is 2.32. The number of piperazine rings is 1. The second kappa shape index (κ2) is 12.8. The molecule has 0 bridgehead atoms. The molecular formula is C30H32F6N4O3S. The molecule has 0 atom stereocenters. The molecule has 0 amide bonds. The first-order valence-electron chi connectivity index (χ1n) is 14.2. The molecule has 238 valence electrons. The Labute approximate surface area is 251 Å². The zero-order chi connectivity index (χ0) is 31.5. The molecule has 1 saturated carbocycles. The van der Waals surface area contributed by atoms with Crippen LogP contribution in [0.4, 0.5) is 37.7 Å². The van der Waals surface area contributed by atoms with Gasteiger partial charge >= 0.3 is 11.7 Å². The van der Waals surface area contributed by atoms with Gasteiger partial charge in [0.1, 0.15) is 5.75 Å². The van der Waals surface area contributed by atoms with Crippen molar-refractivity contribution in [1.82, 2.24) is 9.88 Å². The molecule has 1 saturated heterocycles. The summed E-state index contributed by atoms with van der Waals surface area (Å²) in [6, 6.07) is 11.9. The van der Waals surface area contributed by atoms with Crippen LogP contribution in [0.2, 0.25) is 0 Å². The van der Waals surface area contributed by atoms with Crippen molar-refractivity contribution in [1.29, 1.82) is 0 Å². The van der Waals surface area contributed by atoms with Gasteiger partial charge in [0.05, 0.1) is 34.6 Å². The van der Waals surface area contributed by atoms with E-state index in [9.17, 15) is 34.8 Å². The van der Waals surface area contributed by atoms with E-state index in [1.165, 1.54) is 24.3 Å². The number of nitrogens with zero attached hydrogens (tertiary/aromatic N) is 3. The summed E-state index contributed by atoms with van der Waals surface area (Å²) in [5.41, 5.74) is -3.67. The normalized spacial score (nSPS) is 20.4. The Morgan fingerprint density at radius 2 is 1.48 bits per heavy atom. The quantitative estimate of drug-likeness (QED) is 0.281. The van der Waals surface area contributed by atoms with Crippen LogP contribution in [-0.4, -0.2) is 62.1 Å². The van der Waals surface area contributed by atoms with Crippen LogP contribution in [0.5, 0.6) is 5.75 Å². The third kappa shape index (κ3) is 7.76. The lowest BCUT2D eigenvalue weighted by Gasteiger charge is -2.36. The lowest BCUT2D eigenvalue weighted by molar-refractivity contribution is -0.137. The number of hydrogen-bond donors (Lipinski definition) is 1. The first kappa shape index (κ1) is 31.9. The molecule has 5 rings (SSSR count). The van der Waals surface area contributed by atoms with Crippen LogP contribution in [0.1, 0.15) is 36.8 Å². The average molecular weight is 643 g/mol. The van der Waals surface area contributed by atoms with E-state index in [1.54, 1.807) is 12.4 Å². The molecule has 1 aromatic heterocycles. The van der Waals surface area contributed by atoms with Gasteiger partial charge in [0.15, 0.2) is 0 Å². The Morgan fingerprint density at radius 1 is 0.841 bits per heavy atom. The number of alkyl halides is 6. The van der Waals surface area contributed by atoms with E-state index in [-0.39, 0.29) is 12.1 Å². The average Bonchev–Trinajstić information content (AvgIpc) is 2.98. The maximum atomic E-state index is 12.8. The summed E-state index contributed by atoms with van der Waals surface area (Å²) in [6.45, 7) is 3.57. The van der Waals surface area contributed by atoms with Gasteiger partial charge in [-0.2, -0.15) is 26.3 Å². The van der Waals surface area contributed by atoms with E-state index in [2.05, 4.69) is 20.1 Å². The summed E-state index contributed by atoms with van der Waals surface area (Å²) in [6.07, 6.45) is 2.13. The lowest BCUT2D eigenvalue weighted by Crippen LogP contribution is -2.46. The van der Waals surface area contributed by atoms with E-state index in [1.807, 2.05) is 6.07 Å². The number of sulfone groups is 1. The second-order valence-electron chi connectivity index (χ2n) is 11.0. The maximum Gasteiger partial charge on any atom is 0.501 e. The molecule has 14 heteroatoms. The smallest absolute Gasteiger partial charge is 0.489 e. The van der Waals surface area contributed by atoms with E-state index < -0.39 is 32.0 Å². The van der Waals surface area contributed by atoms with Gasteiger partial charge in [-0.25, -0.2) is 8.42 Å². The number of anilines is 2. The number of halogens is 6. The maximum absolute atomic E-state index is 12.8. The van der Waals surface area contributed by atoms with Gasteiger partial charge in [0.25, 0.3) is 9.84 Å². The Balaban J connectivity index is 1.07. The molecule has 2 aliphatic rings. The van der Waals surface area contributed by atoms with E-state index in [0.717, 1.165) is 87.4 Å². The number of hydrogen-bond acceptors (Lipinski definition) is 7. The molecule has 1 aliphatic carbocycles. The predicted octanol–water partition coefficient (Wildman–Crippen LogP) is 6.52. The van der Waals surface area contributed by atoms with Gasteiger partial charge in [0, 0.05) is 50.5 Å². The highest BCUT2D eigenvalue weighted by Gasteiger charge is 2.46. The van der Waals surface area contributed by atoms with E-state index in [4.69, 9.17) is 4.74 Å². The van der Waals surface area contributed by atoms with Crippen molar-refractivity contribution in [3.63, 3.8) is 0 Å². The van der Waals surface area contributed by atoms with Crippen LogP contribution in [0.25, 0.3) is 0 Å². The minimum Gasteiger partial charge on any atom is -0.489 e. The molecule has 44 heavy (non-hydrogen) atoms. The van der Waals surface area contributed by atoms with E-state index >= 15 is 0 Å². The molecule has 0 radical (unpaired) electrons. The van der Waals surface area contributed by atoms with Crippen molar-refractivity contribution in [3.8, 4) is 5.75 Å². The second-order valence-corrected chi connectivity index (χ2v) is 13.0. The first-order valence-corrected chi connectivity index (χ1v) is 15.7. The molecule has 0 spiro atoms. The van der Waals surface area contributed by atoms with Crippen LogP contribution < -0.4 is 15.0 Å². The number of nitrogens with one attached hydrogen (secondary N) is 1. The van der Waals surface area contributed by atoms with Crippen molar-refractivity contribution in [3.05, 3.63) is 78.1 Å². The molecule has 0 unspecified atom stereocenters. The number of benzene rings is 2. The number of aromatic nitrogens is 1. The van der Waals surface area contributed by atoms with Crippen LogP contribution in [0.3, 0.4) is 0 Å². The summed E-state index contributed by atoms with van der Waals surface area (Å²) in [5, 5.41) is 3.26. The largest absolute Gasteiger partial charge is 0.501 e. The summed E-state index contributed by atoms with van der Waals surface area (Å²) >= 11 is 0. The molecule has 3 aromatic rings. The van der Waals surface area contributed by atoms with Gasteiger partial charge < -0.3 is 15.0 Å². The third-order valence-corrected chi connectivity index (χ3v) is 9.44.